The summed E-state index contributed by atoms with van der Waals surface area (Å²) in [5.74, 6) is 0.730. The molecule has 2 nitrogen and oxygen atoms in total. The van der Waals surface area contributed by atoms with E-state index in [9.17, 15) is 4.79 Å². The minimum Gasteiger partial charge on any atom is -0.485 e. The average molecular weight is 330 g/mol. The lowest BCUT2D eigenvalue weighted by molar-refractivity contribution is 0.0920. The molecule has 0 amide bonds. The van der Waals surface area contributed by atoms with E-state index in [4.69, 9.17) is 4.74 Å². The fraction of sp³-hybridized carbons (Fsp3) is 0.174. The molecule has 3 aromatic carbocycles. The second-order valence-corrected chi connectivity index (χ2v) is 6.57. The Morgan fingerprint density at radius 2 is 1.36 bits per heavy atom. The van der Waals surface area contributed by atoms with Crippen molar-refractivity contribution in [3.8, 4) is 5.75 Å². The Morgan fingerprint density at radius 1 is 0.800 bits per heavy atom. The van der Waals surface area contributed by atoms with Crippen molar-refractivity contribution in [1.29, 1.82) is 0 Å². The number of ketones is 1. The van der Waals surface area contributed by atoms with Crippen LogP contribution >= 0.6 is 0 Å². The van der Waals surface area contributed by atoms with Gasteiger partial charge in [0.05, 0.1) is 0 Å². The monoisotopic (exact) mass is 330 g/mol. The lowest BCUT2D eigenvalue weighted by Gasteiger charge is -2.28. The molecule has 0 fully saturated rings. The molecule has 0 spiro atoms. The highest BCUT2D eigenvalue weighted by molar-refractivity contribution is 5.97. The minimum atomic E-state index is -0.215. The van der Waals surface area contributed by atoms with E-state index in [1.165, 1.54) is 5.56 Å². The topological polar surface area (TPSA) is 26.3 Å². The maximum absolute atomic E-state index is 12.3. The number of benzene rings is 3. The SMILES string of the molecule is CC(C)(c1ccccc1)c1ccccc1OCC(=O)c1ccccc1. The summed E-state index contributed by atoms with van der Waals surface area (Å²) in [6.07, 6.45) is 0. The van der Waals surface area contributed by atoms with Crippen LogP contribution in [0.5, 0.6) is 5.75 Å². The standard InChI is InChI=1S/C23H22O2/c1-23(2,19-13-7-4-8-14-19)20-15-9-10-16-22(20)25-17-21(24)18-11-5-3-6-12-18/h3-16H,17H2,1-2H3. The number of hydrogen-bond acceptors (Lipinski definition) is 2. The molecule has 126 valence electrons. The zero-order valence-corrected chi connectivity index (χ0v) is 14.6. The van der Waals surface area contributed by atoms with Gasteiger partial charge in [-0.15, -0.1) is 0 Å². The summed E-state index contributed by atoms with van der Waals surface area (Å²) in [6, 6.07) is 27.5. The van der Waals surface area contributed by atoms with Gasteiger partial charge in [-0.05, 0) is 11.6 Å². The van der Waals surface area contributed by atoms with Crippen LogP contribution in [0.3, 0.4) is 0 Å². The lowest BCUT2D eigenvalue weighted by Crippen LogP contribution is -2.21. The van der Waals surface area contributed by atoms with Crippen LogP contribution in [0.4, 0.5) is 0 Å². The molecule has 0 aliphatic rings. The third kappa shape index (κ3) is 3.80. The van der Waals surface area contributed by atoms with Gasteiger partial charge >= 0.3 is 0 Å². The first kappa shape index (κ1) is 17.0. The molecule has 0 atom stereocenters. The molecule has 0 aliphatic carbocycles. The zero-order chi connectivity index (χ0) is 17.7. The summed E-state index contributed by atoms with van der Waals surface area (Å²) in [6.45, 7) is 4.37. The zero-order valence-electron chi connectivity index (χ0n) is 14.6. The van der Waals surface area contributed by atoms with E-state index in [0.29, 0.717) is 5.56 Å². The predicted molar refractivity (Wildman–Crippen MR) is 101 cm³/mol. The van der Waals surface area contributed by atoms with Crippen molar-refractivity contribution < 1.29 is 9.53 Å². The van der Waals surface area contributed by atoms with E-state index < -0.39 is 0 Å². The summed E-state index contributed by atoms with van der Waals surface area (Å²) in [7, 11) is 0. The summed E-state index contributed by atoms with van der Waals surface area (Å²) in [4.78, 5) is 12.3. The van der Waals surface area contributed by atoms with Gasteiger partial charge in [-0.2, -0.15) is 0 Å². The Balaban J connectivity index is 1.83. The van der Waals surface area contributed by atoms with E-state index in [2.05, 4.69) is 32.0 Å². The van der Waals surface area contributed by atoms with Gasteiger partial charge in [0, 0.05) is 16.5 Å². The normalized spacial score (nSPS) is 11.1. The van der Waals surface area contributed by atoms with Gasteiger partial charge < -0.3 is 4.74 Å². The van der Waals surface area contributed by atoms with Gasteiger partial charge in [-0.1, -0.05) is 92.7 Å². The van der Waals surface area contributed by atoms with E-state index >= 15 is 0 Å². The molecule has 2 heteroatoms. The maximum Gasteiger partial charge on any atom is 0.200 e. The molecule has 0 N–H and O–H groups in total. The Hall–Kier alpha value is -2.87. The van der Waals surface area contributed by atoms with Gasteiger partial charge in [-0.25, -0.2) is 0 Å². The number of ether oxygens (including phenoxy) is 1. The molecule has 0 aliphatic heterocycles. The Labute approximate surface area is 149 Å². The predicted octanol–water partition coefficient (Wildman–Crippen LogP) is 5.27. The fourth-order valence-corrected chi connectivity index (χ4v) is 2.97. The van der Waals surface area contributed by atoms with Crippen molar-refractivity contribution in [3.63, 3.8) is 0 Å². The molecule has 0 saturated heterocycles. The third-order valence-electron chi connectivity index (χ3n) is 4.51. The number of carbonyl (C=O) groups excluding carboxylic acids is 1. The Bertz CT molecular complexity index is 836. The van der Waals surface area contributed by atoms with Crippen LogP contribution in [0.15, 0.2) is 84.9 Å². The highest BCUT2D eigenvalue weighted by Gasteiger charge is 2.26. The lowest BCUT2D eigenvalue weighted by atomic mass is 9.78. The minimum absolute atomic E-state index is 0.0204. The molecule has 0 bridgehead atoms. The summed E-state index contributed by atoms with van der Waals surface area (Å²) in [5, 5.41) is 0. The average Bonchev–Trinajstić information content (AvgIpc) is 2.67. The highest BCUT2D eigenvalue weighted by atomic mass is 16.5. The van der Waals surface area contributed by atoms with Crippen LogP contribution in [-0.2, 0) is 5.41 Å². The molecule has 25 heavy (non-hydrogen) atoms. The van der Waals surface area contributed by atoms with Gasteiger partial charge in [0.15, 0.2) is 12.4 Å². The van der Waals surface area contributed by atoms with Crippen molar-refractivity contribution >= 4 is 5.78 Å². The molecule has 0 heterocycles. The summed E-state index contributed by atoms with van der Waals surface area (Å²) < 4.78 is 5.91. The molecular weight excluding hydrogens is 308 g/mol. The highest BCUT2D eigenvalue weighted by Crippen LogP contribution is 2.37. The van der Waals surface area contributed by atoms with E-state index in [1.54, 1.807) is 0 Å². The van der Waals surface area contributed by atoms with Crippen LogP contribution in [0.1, 0.15) is 35.3 Å². The van der Waals surface area contributed by atoms with Crippen LogP contribution in [0.2, 0.25) is 0 Å². The maximum atomic E-state index is 12.3. The van der Waals surface area contributed by atoms with E-state index in [-0.39, 0.29) is 17.8 Å². The summed E-state index contributed by atoms with van der Waals surface area (Å²) >= 11 is 0. The Morgan fingerprint density at radius 3 is 2.04 bits per heavy atom. The van der Waals surface area contributed by atoms with Crippen molar-refractivity contribution in [1.82, 2.24) is 0 Å². The van der Waals surface area contributed by atoms with Crippen LogP contribution in [0.25, 0.3) is 0 Å². The Kier molecular flexibility index (Phi) is 4.99. The first-order valence-electron chi connectivity index (χ1n) is 8.45. The third-order valence-corrected chi connectivity index (χ3v) is 4.51. The van der Waals surface area contributed by atoms with Gasteiger partial charge in [-0.3, -0.25) is 4.79 Å². The van der Waals surface area contributed by atoms with Crippen molar-refractivity contribution in [2.45, 2.75) is 19.3 Å². The molecule has 0 aromatic heterocycles. The molecule has 0 saturated carbocycles. The smallest absolute Gasteiger partial charge is 0.200 e. The first-order valence-corrected chi connectivity index (χ1v) is 8.45. The molecule has 3 aromatic rings. The van der Waals surface area contributed by atoms with E-state index in [0.717, 1.165) is 11.3 Å². The largest absolute Gasteiger partial charge is 0.485 e. The van der Waals surface area contributed by atoms with Gasteiger partial charge in [0.2, 0.25) is 0 Å². The van der Waals surface area contributed by atoms with Crippen LogP contribution in [0, 0.1) is 0 Å². The number of carbonyl (C=O) groups is 1. The number of para-hydroxylation sites is 1. The van der Waals surface area contributed by atoms with Gasteiger partial charge in [0.1, 0.15) is 5.75 Å². The van der Waals surface area contributed by atoms with E-state index in [1.807, 2.05) is 66.7 Å². The molecule has 3 rings (SSSR count). The fourth-order valence-electron chi connectivity index (χ4n) is 2.97. The quantitative estimate of drug-likeness (QED) is 0.575. The number of rotatable bonds is 6. The van der Waals surface area contributed by atoms with Crippen LogP contribution in [-0.4, -0.2) is 12.4 Å². The number of Topliss-reactive ketones (excluding diaryl/α,β-unsaturated/α-hetero) is 1. The summed E-state index contributed by atoms with van der Waals surface area (Å²) in [5.41, 5.74) is 2.73. The van der Waals surface area contributed by atoms with Crippen molar-refractivity contribution in [2.75, 3.05) is 6.61 Å². The second-order valence-electron chi connectivity index (χ2n) is 6.57. The van der Waals surface area contributed by atoms with Gasteiger partial charge in [0.25, 0.3) is 0 Å². The van der Waals surface area contributed by atoms with Crippen molar-refractivity contribution in [2.24, 2.45) is 0 Å². The molecular formula is C23H22O2. The molecule has 0 unspecified atom stereocenters. The first-order chi connectivity index (χ1) is 12.1. The van der Waals surface area contributed by atoms with Crippen molar-refractivity contribution in [3.05, 3.63) is 102 Å². The number of hydrogen-bond donors (Lipinski definition) is 0. The second kappa shape index (κ2) is 7.35. The molecule has 0 radical (unpaired) electrons. The van der Waals surface area contributed by atoms with Crippen LogP contribution < -0.4 is 4.74 Å².